The molecule has 2 unspecified atom stereocenters. The first-order valence-electron chi connectivity index (χ1n) is 5.32. The molecule has 0 saturated heterocycles. The van der Waals surface area contributed by atoms with Crippen molar-refractivity contribution in [3.05, 3.63) is 29.6 Å². The van der Waals surface area contributed by atoms with Gasteiger partial charge in [0.15, 0.2) is 0 Å². The summed E-state index contributed by atoms with van der Waals surface area (Å²) in [6, 6.07) is 3.85. The fourth-order valence-electron chi connectivity index (χ4n) is 1.96. The number of alkyl halides is 2. The molecule has 2 N–H and O–H groups in total. The number of aryl methyl sites for hydroxylation is 1. The highest BCUT2D eigenvalue weighted by atomic mass is 19.3. The molecule has 5 heteroatoms. The normalized spacial score (nSPS) is 21.1. The number of halogens is 2. The molecular formula is C11H14F2N2O. The Morgan fingerprint density at radius 2 is 2.38 bits per heavy atom. The number of hydrogen-bond acceptors (Lipinski definition) is 3. The third-order valence-corrected chi connectivity index (χ3v) is 2.82. The van der Waals surface area contributed by atoms with Crippen molar-refractivity contribution in [2.75, 3.05) is 6.54 Å². The van der Waals surface area contributed by atoms with E-state index in [1.54, 1.807) is 6.20 Å². The fourth-order valence-corrected chi connectivity index (χ4v) is 1.96. The average molecular weight is 228 g/mol. The van der Waals surface area contributed by atoms with Crippen LogP contribution in [0.3, 0.4) is 0 Å². The Morgan fingerprint density at radius 3 is 3.12 bits per heavy atom. The van der Waals surface area contributed by atoms with Gasteiger partial charge >= 0.3 is 0 Å². The molecule has 0 radical (unpaired) electrons. The van der Waals surface area contributed by atoms with Crippen LogP contribution in [0.5, 0.6) is 0 Å². The highest BCUT2D eigenvalue weighted by Crippen LogP contribution is 2.28. The Balaban J connectivity index is 1.93. The summed E-state index contributed by atoms with van der Waals surface area (Å²) in [6.07, 6.45) is -0.846. The van der Waals surface area contributed by atoms with Gasteiger partial charge < -0.3 is 10.4 Å². The molecule has 0 spiro atoms. The molecule has 0 fully saturated rings. The zero-order valence-electron chi connectivity index (χ0n) is 8.74. The van der Waals surface area contributed by atoms with Crippen molar-refractivity contribution in [3.8, 4) is 0 Å². The molecule has 0 saturated carbocycles. The van der Waals surface area contributed by atoms with Gasteiger partial charge in [-0.05, 0) is 24.5 Å². The third kappa shape index (κ3) is 2.36. The van der Waals surface area contributed by atoms with Gasteiger partial charge in [-0.25, -0.2) is 8.78 Å². The Bertz CT molecular complexity index is 360. The van der Waals surface area contributed by atoms with Crippen LogP contribution in [0.1, 0.15) is 23.7 Å². The van der Waals surface area contributed by atoms with Gasteiger partial charge in [-0.2, -0.15) is 0 Å². The smallest absolute Gasteiger partial charge is 0.265 e. The summed E-state index contributed by atoms with van der Waals surface area (Å²) in [7, 11) is 0. The van der Waals surface area contributed by atoms with E-state index in [-0.39, 0.29) is 12.6 Å². The molecule has 0 aromatic carbocycles. The molecule has 2 rings (SSSR count). The van der Waals surface area contributed by atoms with Crippen LogP contribution in [0.25, 0.3) is 0 Å². The van der Waals surface area contributed by atoms with Crippen LogP contribution in [0.2, 0.25) is 0 Å². The number of nitrogens with zero attached hydrogens (tertiary/aromatic N) is 1. The van der Waals surface area contributed by atoms with Gasteiger partial charge in [-0.1, -0.05) is 6.07 Å². The number of pyridine rings is 1. The van der Waals surface area contributed by atoms with Crippen LogP contribution in [-0.2, 0) is 6.42 Å². The van der Waals surface area contributed by atoms with Crippen molar-refractivity contribution in [3.63, 3.8) is 0 Å². The van der Waals surface area contributed by atoms with Crippen molar-refractivity contribution in [2.45, 2.75) is 31.4 Å². The van der Waals surface area contributed by atoms with Crippen LogP contribution in [0, 0.1) is 0 Å². The molecule has 1 aromatic rings. The molecule has 88 valence electrons. The van der Waals surface area contributed by atoms with Gasteiger partial charge in [0.2, 0.25) is 0 Å². The lowest BCUT2D eigenvalue weighted by Gasteiger charge is -2.16. The van der Waals surface area contributed by atoms with Crippen molar-refractivity contribution in [1.29, 1.82) is 0 Å². The summed E-state index contributed by atoms with van der Waals surface area (Å²) in [5.41, 5.74) is 2.08. The predicted octanol–water partition coefficient (Wildman–Crippen LogP) is 1.28. The molecule has 1 heterocycles. The number of rotatable bonds is 4. The number of aliphatic hydroxyl groups excluding tert-OH is 1. The van der Waals surface area contributed by atoms with Crippen LogP contribution in [0.4, 0.5) is 8.78 Å². The first kappa shape index (κ1) is 11.4. The molecule has 16 heavy (non-hydrogen) atoms. The predicted molar refractivity (Wildman–Crippen MR) is 55.3 cm³/mol. The molecule has 0 bridgehead atoms. The van der Waals surface area contributed by atoms with E-state index in [2.05, 4.69) is 10.3 Å². The Hall–Kier alpha value is -1.07. The number of nitrogens with one attached hydrogen (secondary N) is 1. The zero-order chi connectivity index (χ0) is 11.5. The molecular weight excluding hydrogens is 214 g/mol. The molecule has 1 aliphatic carbocycles. The highest BCUT2D eigenvalue weighted by molar-refractivity contribution is 5.27. The second kappa shape index (κ2) is 4.84. The highest BCUT2D eigenvalue weighted by Gasteiger charge is 2.25. The lowest BCUT2D eigenvalue weighted by Crippen LogP contribution is -2.34. The molecule has 1 aliphatic rings. The zero-order valence-corrected chi connectivity index (χ0v) is 8.74. The number of aromatic nitrogens is 1. The van der Waals surface area contributed by atoms with E-state index in [9.17, 15) is 8.78 Å². The minimum atomic E-state index is -2.70. The quantitative estimate of drug-likeness (QED) is 0.816. The van der Waals surface area contributed by atoms with E-state index in [0.29, 0.717) is 0 Å². The minimum Gasteiger partial charge on any atom is -0.386 e. The van der Waals surface area contributed by atoms with Crippen molar-refractivity contribution >= 4 is 0 Å². The van der Waals surface area contributed by atoms with E-state index >= 15 is 0 Å². The minimum absolute atomic E-state index is 0.00963. The topological polar surface area (TPSA) is 45.1 Å². The van der Waals surface area contributed by atoms with E-state index in [4.69, 9.17) is 5.11 Å². The largest absolute Gasteiger partial charge is 0.386 e. The maximum absolute atomic E-state index is 12.1. The maximum Gasteiger partial charge on any atom is 0.265 e. The summed E-state index contributed by atoms with van der Waals surface area (Å²) >= 11 is 0. The average Bonchev–Trinajstić information content (AvgIpc) is 2.69. The lowest BCUT2D eigenvalue weighted by molar-refractivity contribution is -0.00468. The van der Waals surface area contributed by atoms with E-state index < -0.39 is 12.5 Å². The molecule has 0 aliphatic heterocycles. The second-order valence-corrected chi connectivity index (χ2v) is 3.95. The Labute approximate surface area is 92.5 Å². The summed E-state index contributed by atoms with van der Waals surface area (Å²) in [4.78, 5) is 4.23. The summed E-state index contributed by atoms with van der Waals surface area (Å²) < 4.78 is 24.2. The Kier molecular flexibility index (Phi) is 3.46. The third-order valence-electron chi connectivity index (χ3n) is 2.82. The number of aliphatic hydroxyl groups is 1. The van der Waals surface area contributed by atoms with Gasteiger partial charge in [0.25, 0.3) is 6.43 Å². The van der Waals surface area contributed by atoms with Crippen LogP contribution in [0.15, 0.2) is 18.3 Å². The van der Waals surface area contributed by atoms with Crippen LogP contribution < -0.4 is 5.32 Å². The summed E-state index contributed by atoms with van der Waals surface area (Å²) in [5, 5.41) is 11.9. The fraction of sp³-hybridized carbons (Fsp3) is 0.545. The van der Waals surface area contributed by atoms with E-state index in [0.717, 1.165) is 24.1 Å². The molecule has 3 nitrogen and oxygen atoms in total. The summed E-state index contributed by atoms with van der Waals surface area (Å²) in [5.74, 6) is 0. The van der Waals surface area contributed by atoms with Crippen molar-refractivity contribution in [1.82, 2.24) is 10.3 Å². The SMILES string of the molecule is OC(CNC1CCc2cccnc21)C(F)F. The van der Waals surface area contributed by atoms with Gasteiger partial charge in [0, 0.05) is 12.7 Å². The van der Waals surface area contributed by atoms with Crippen molar-refractivity contribution < 1.29 is 13.9 Å². The monoisotopic (exact) mass is 228 g/mol. The van der Waals surface area contributed by atoms with E-state index in [1.807, 2.05) is 12.1 Å². The molecule has 1 aromatic heterocycles. The van der Waals surface area contributed by atoms with Gasteiger partial charge in [-0.3, -0.25) is 4.98 Å². The van der Waals surface area contributed by atoms with Crippen molar-refractivity contribution in [2.24, 2.45) is 0 Å². The molecule has 0 amide bonds. The first-order chi connectivity index (χ1) is 7.68. The van der Waals surface area contributed by atoms with Crippen LogP contribution >= 0.6 is 0 Å². The first-order valence-corrected chi connectivity index (χ1v) is 5.32. The van der Waals surface area contributed by atoms with Gasteiger partial charge in [0.1, 0.15) is 6.10 Å². The maximum atomic E-state index is 12.1. The molecule has 2 atom stereocenters. The van der Waals surface area contributed by atoms with Gasteiger partial charge in [-0.15, -0.1) is 0 Å². The standard InChI is InChI=1S/C11H14F2N2O/c12-11(13)9(16)6-15-8-4-3-7-2-1-5-14-10(7)8/h1-2,5,8-9,11,15-16H,3-4,6H2. The lowest BCUT2D eigenvalue weighted by atomic mass is 10.2. The second-order valence-electron chi connectivity index (χ2n) is 3.95. The number of hydrogen-bond donors (Lipinski definition) is 2. The van der Waals surface area contributed by atoms with E-state index in [1.165, 1.54) is 0 Å². The van der Waals surface area contributed by atoms with Gasteiger partial charge in [0.05, 0.1) is 11.7 Å². The Morgan fingerprint density at radius 1 is 1.56 bits per heavy atom. The summed E-state index contributed by atoms with van der Waals surface area (Å²) in [6.45, 7) is -0.0989. The van der Waals surface area contributed by atoms with Crippen LogP contribution in [-0.4, -0.2) is 29.2 Å². The number of fused-ring (bicyclic) bond motifs is 1.